The van der Waals surface area contributed by atoms with Gasteiger partial charge in [0.25, 0.3) is 5.56 Å². The summed E-state index contributed by atoms with van der Waals surface area (Å²) >= 11 is 5.80. The maximum Gasteiger partial charge on any atom is 0.253 e. The third kappa shape index (κ3) is 4.95. The highest BCUT2D eigenvalue weighted by Gasteiger charge is 2.25. The van der Waals surface area contributed by atoms with E-state index in [-0.39, 0.29) is 11.7 Å². The first-order valence-electron chi connectivity index (χ1n) is 11.0. The molecular weight excluding hydrogens is 398 g/mol. The summed E-state index contributed by atoms with van der Waals surface area (Å²) in [4.78, 5) is 18.0. The van der Waals surface area contributed by atoms with Gasteiger partial charge in [0.1, 0.15) is 5.75 Å². The number of pyridine rings is 1. The lowest BCUT2D eigenvalue weighted by molar-refractivity contribution is 0.112. The molecule has 1 saturated carbocycles. The van der Waals surface area contributed by atoms with Crippen molar-refractivity contribution in [2.75, 3.05) is 20.3 Å². The maximum atomic E-state index is 12.8. The first kappa shape index (κ1) is 21.1. The van der Waals surface area contributed by atoms with E-state index in [2.05, 4.69) is 15.2 Å². The molecule has 1 saturated heterocycles. The number of methoxy groups -OCH3 is 1. The molecule has 4 rings (SSSR count). The Balaban J connectivity index is 1.56. The van der Waals surface area contributed by atoms with Crippen LogP contribution >= 0.6 is 12.2 Å². The number of benzene rings is 1. The smallest absolute Gasteiger partial charge is 0.253 e. The van der Waals surface area contributed by atoms with Gasteiger partial charge in [-0.2, -0.15) is 0 Å². The van der Waals surface area contributed by atoms with Crippen LogP contribution in [0.5, 0.6) is 5.75 Å². The van der Waals surface area contributed by atoms with Gasteiger partial charge in [0.2, 0.25) is 0 Å². The van der Waals surface area contributed by atoms with E-state index in [9.17, 15) is 4.79 Å². The molecule has 2 heterocycles. The van der Waals surface area contributed by atoms with Crippen molar-refractivity contribution in [1.82, 2.24) is 15.2 Å². The molecule has 1 aliphatic heterocycles. The molecule has 1 aromatic heterocycles. The van der Waals surface area contributed by atoms with Crippen molar-refractivity contribution in [3.8, 4) is 5.75 Å². The molecule has 0 bridgehead atoms. The van der Waals surface area contributed by atoms with Crippen molar-refractivity contribution in [2.24, 2.45) is 0 Å². The van der Waals surface area contributed by atoms with Crippen LogP contribution in [0.4, 0.5) is 0 Å². The van der Waals surface area contributed by atoms with E-state index in [1.165, 1.54) is 19.3 Å². The Morgan fingerprint density at radius 1 is 1.23 bits per heavy atom. The lowest BCUT2D eigenvalue weighted by Gasteiger charge is -2.36. The molecule has 2 N–H and O–H groups in total. The van der Waals surface area contributed by atoms with Crippen molar-refractivity contribution in [1.29, 1.82) is 0 Å². The molecule has 1 atom stereocenters. The number of hydrogen-bond acceptors (Lipinski definition) is 4. The first-order valence-corrected chi connectivity index (χ1v) is 11.4. The van der Waals surface area contributed by atoms with E-state index < -0.39 is 0 Å². The van der Waals surface area contributed by atoms with Crippen LogP contribution in [-0.4, -0.2) is 47.4 Å². The lowest BCUT2D eigenvalue weighted by Crippen LogP contribution is -2.48. The predicted octanol–water partition coefficient (Wildman–Crippen LogP) is 3.72. The molecule has 2 fully saturated rings. The molecule has 1 aromatic carbocycles. The van der Waals surface area contributed by atoms with Crippen LogP contribution in [0.1, 0.15) is 50.5 Å². The highest BCUT2D eigenvalue weighted by Crippen LogP contribution is 2.25. The van der Waals surface area contributed by atoms with Gasteiger partial charge in [-0.25, -0.2) is 0 Å². The number of aromatic amines is 1. The van der Waals surface area contributed by atoms with Gasteiger partial charge in [-0.1, -0.05) is 19.3 Å². The van der Waals surface area contributed by atoms with Crippen LogP contribution in [0.3, 0.4) is 0 Å². The summed E-state index contributed by atoms with van der Waals surface area (Å²) < 4.78 is 11.1. The average Bonchev–Trinajstić information content (AvgIpc) is 3.30. The van der Waals surface area contributed by atoms with Gasteiger partial charge in [-0.3, -0.25) is 4.79 Å². The Morgan fingerprint density at radius 3 is 2.80 bits per heavy atom. The minimum absolute atomic E-state index is 0.0598. The van der Waals surface area contributed by atoms with E-state index in [1.807, 2.05) is 24.3 Å². The molecule has 1 aliphatic carbocycles. The molecule has 7 heteroatoms. The fourth-order valence-electron chi connectivity index (χ4n) is 4.53. The molecular formula is C23H31N3O3S. The van der Waals surface area contributed by atoms with Crippen molar-refractivity contribution in [3.05, 3.63) is 40.2 Å². The number of nitrogens with zero attached hydrogens (tertiary/aromatic N) is 1. The van der Waals surface area contributed by atoms with Crippen LogP contribution in [0.25, 0.3) is 10.9 Å². The standard InChI is InChI=1S/C23H31N3O3S/c1-28-19-9-10-21-16(13-19)12-17(22(27)25-21)15-26(18-6-3-2-4-7-18)23(30)24-14-20-8-5-11-29-20/h9-10,12-13,18,20H,2-8,11,14-15H2,1H3,(H,24,30)(H,25,27). The largest absolute Gasteiger partial charge is 0.497 e. The Morgan fingerprint density at radius 2 is 2.07 bits per heavy atom. The zero-order chi connectivity index (χ0) is 20.9. The van der Waals surface area contributed by atoms with Gasteiger partial charge in [-0.15, -0.1) is 0 Å². The Bertz CT molecular complexity index is 933. The maximum absolute atomic E-state index is 12.8. The zero-order valence-corrected chi connectivity index (χ0v) is 18.4. The molecule has 162 valence electrons. The van der Waals surface area contributed by atoms with E-state index in [1.54, 1.807) is 7.11 Å². The highest BCUT2D eigenvalue weighted by molar-refractivity contribution is 7.80. The third-order valence-corrected chi connectivity index (χ3v) is 6.63. The van der Waals surface area contributed by atoms with Crippen LogP contribution in [0.2, 0.25) is 0 Å². The van der Waals surface area contributed by atoms with Crippen molar-refractivity contribution in [2.45, 2.75) is 63.6 Å². The van der Waals surface area contributed by atoms with Crippen molar-refractivity contribution in [3.63, 3.8) is 0 Å². The van der Waals surface area contributed by atoms with E-state index >= 15 is 0 Å². The second-order valence-electron chi connectivity index (χ2n) is 8.32. The van der Waals surface area contributed by atoms with Gasteiger partial charge >= 0.3 is 0 Å². The van der Waals surface area contributed by atoms with Crippen molar-refractivity contribution < 1.29 is 9.47 Å². The average molecular weight is 430 g/mol. The molecule has 2 aliphatic rings. The van der Waals surface area contributed by atoms with Gasteiger partial charge in [-0.05, 0) is 62.2 Å². The van der Waals surface area contributed by atoms with Crippen LogP contribution in [0.15, 0.2) is 29.1 Å². The third-order valence-electron chi connectivity index (χ3n) is 6.25. The summed E-state index contributed by atoms with van der Waals surface area (Å²) in [6, 6.07) is 8.02. The fourth-order valence-corrected chi connectivity index (χ4v) is 4.82. The number of hydrogen-bond donors (Lipinski definition) is 2. The predicted molar refractivity (Wildman–Crippen MR) is 123 cm³/mol. The highest BCUT2D eigenvalue weighted by atomic mass is 32.1. The summed E-state index contributed by atoms with van der Waals surface area (Å²) in [7, 11) is 1.65. The van der Waals surface area contributed by atoms with Gasteiger partial charge in [0.05, 0.1) is 19.8 Å². The normalized spacial score (nSPS) is 19.7. The van der Waals surface area contributed by atoms with E-state index in [4.69, 9.17) is 21.7 Å². The summed E-state index contributed by atoms with van der Waals surface area (Å²) in [5, 5.41) is 5.11. The summed E-state index contributed by atoms with van der Waals surface area (Å²) in [6.07, 6.45) is 8.33. The number of nitrogens with one attached hydrogen (secondary N) is 2. The van der Waals surface area contributed by atoms with E-state index in [0.717, 1.165) is 66.2 Å². The quantitative estimate of drug-likeness (QED) is 0.682. The number of fused-ring (bicyclic) bond motifs is 1. The van der Waals surface area contributed by atoms with Crippen molar-refractivity contribution >= 4 is 28.2 Å². The van der Waals surface area contributed by atoms with Gasteiger partial charge in [0.15, 0.2) is 5.11 Å². The van der Waals surface area contributed by atoms with Crippen LogP contribution < -0.4 is 15.6 Å². The summed E-state index contributed by atoms with van der Waals surface area (Å²) in [5.41, 5.74) is 1.48. The molecule has 1 unspecified atom stereocenters. The first-order chi connectivity index (χ1) is 14.6. The number of aromatic nitrogens is 1. The summed E-state index contributed by atoms with van der Waals surface area (Å²) in [6.45, 7) is 2.07. The molecule has 0 spiro atoms. The SMILES string of the molecule is COc1ccc2[nH]c(=O)c(CN(C(=S)NCC3CCCO3)C3CCCCC3)cc2c1. The number of rotatable bonds is 6. The van der Waals surface area contributed by atoms with E-state index in [0.29, 0.717) is 12.6 Å². The monoisotopic (exact) mass is 429 g/mol. The number of ether oxygens (including phenoxy) is 2. The Kier molecular flexibility index (Phi) is 6.89. The molecule has 0 amide bonds. The zero-order valence-electron chi connectivity index (χ0n) is 17.6. The fraction of sp³-hybridized carbons (Fsp3) is 0.565. The molecule has 2 aromatic rings. The lowest BCUT2D eigenvalue weighted by atomic mass is 9.94. The Hall–Kier alpha value is -2.12. The second kappa shape index (κ2) is 9.79. The topological polar surface area (TPSA) is 66.6 Å². The second-order valence-corrected chi connectivity index (χ2v) is 8.70. The molecule has 30 heavy (non-hydrogen) atoms. The molecule has 6 nitrogen and oxygen atoms in total. The number of thiocarbonyl (C=S) groups is 1. The van der Waals surface area contributed by atoms with Gasteiger partial charge in [0, 0.05) is 35.7 Å². The summed E-state index contributed by atoms with van der Waals surface area (Å²) in [5.74, 6) is 0.776. The molecule has 0 radical (unpaired) electrons. The minimum Gasteiger partial charge on any atom is -0.497 e. The van der Waals surface area contributed by atoms with Gasteiger partial charge < -0.3 is 24.7 Å². The number of H-pyrrole nitrogens is 1. The Labute approximate surface area is 182 Å². The minimum atomic E-state index is -0.0598. The van der Waals surface area contributed by atoms with Crippen LogP contribution in [0, 0.1) is 0 Å². The van der Waals surface area contributed by atoms with Crippen LogP contribution in [-0.2, 0) is 11.3 Å².